The van der Waals surface area contributed by atoms with Gasteiger partial charge in [-0.1, -0.05) is 126 Å². The molecule has 490 valence electrons. The summed E-state index contributed by atoms with van der Waals surface area (Å²) in [6.07, 6.45) is 5.01. The van der Waals surface area contributed by atoms with Crippen molar-refractivity contribution in [2.45, 2.75) is 109 Å². The monoisotopic (exact) mass is 1290 g/mol. The van der Waals surface area contributed by atoms with Gasteiger partial charge >= 0.3 is 0 Å². The fourth-order valence-electron chi connectivity index (χ4n) is 12.8. The highest BCUT2D eigenvalue weighted by Gasteiger charge is 2.29. The maximum absolute atomic E-state index is 13.4. The molecule has 14 nitrogen and oxygen atoms in total. The summed E-state index contributed by atoms with van der Waals surface area (Å²) in [5.74, 6) is -0.314. The molecule has 91 heavy (non-hydrogen) atoms. The SMILES string of the molecule is CNC[C@@H]1OCc2cccc(F)c21.CNC[C@H]1OCc2cccc(F)c21.Cc1cccc2c1CCO[C@@H]2CN.Cc1cccc2c1CCO[C@H]2CN.Cc1cccc2c1[C@@H](CN)OCC2.NC[C@@H]1OCCc2cccc(Cl)c21.NC[C@H]1OCCc2cccc(Cl)c21. The summed E-state index contributed by atoms with van der Waals surface area (Å²) >= 11 is 12.2. The predicted octanol–water partition coefficient (Wildman–Crippen LogP) is 11.8. The van der Waals surface area contributed by atoms with Gasteiger partial charge in [0.25, 0.3) is 0 Å². The Bertz CT molecular complexity index is 3160. The minimum Gasteiger partial charge on any atom is -0.372 e. The molecule has 0 amide bonds. The van der Waals surface area contributed by atoms with E-state index in [0.717, 1.165) is 109 Å². The number of halogens is 4. The van der Waals surface area contributed by atoms with Crippen LogP contribution in [-0.4, -0.2) is 92.9 Å². The predicted molar refractivity (Wildman–Crippen MR) is 359 cm³/mol. The molecule has 0 aliphatic carbocycles. The van der Waals surface area contributed by atoms with E-state index in [4.69, 9.17) is 85.0 Å². The molecule has 0 saturated heterocycles. The summed E-state index contributed by atoms with van der Waals surface area (Å²) in [7, 11) is 3.67. The minimum absolute atomic E-state index is 0.0163. The number of nitrogens with two attached hydrogens (primary N) is 5. The van der Waals surface area contributed by atoms with Crippen LogP contribution in [0.4, 0.5) is 8.78 Å². The summed E-state index contributed by atoms with van der Waals surface area (Å²) in [5.41, 5.74) is 48.4. The van der Waals surface area contributed by atoms with Gasteiger partial charge in [0.2, 0.25) is 0 Å². The molecule has 0 bridgehead atoms. The smallest absolute Gasteiger partial charge is 0.129 e. The molecule has 7 aliphatic rings. The highest BCUT2D eigenvalue weighted by Crippen LogP contribution is 2.37. The van der Waals surface area contributed by atoms with E-state index in [1.165, 1.54) is 73.3 Å². The van der Waals surface area contributed by atoms with Crippen molar-refractivity contribution < 1.29 is 41.9 Å². The molecular formula is C73H93Cl2F2N7O7. The van der Waals surface area contributed by atoms with Gasteiger partial charge in [-0.2, -0.15) is 0 Å². The first kappa shape index (κ1) is 71.3. The Morgan fingerprint density at radius 3 is 1.08 bits per heavy atom. The quantitative estimate of drug-likeness (QED) is 0.0715. The van der Waals surface area contributed by atoms with Crippen molar-refractivity contribution in [1.29, 1.82) is 0 Å². The zero-order valence-corrected chi connectivity index (χ0v) is 54.9. The Kier molecular flexibility index (Phi) is 28.3. The van der Waals surface area contributed by atoms with E-state index >= 15 is 0 Å². The van der Waals surface area contributed by atoms with Gasteiger partial charge in [-0.3, -0.25) is 0 Å². The number of likely N-dealkylation sites (N-methyl/N-ethyl adjacent to an activating group) is 2. The van der Waals surface area contributed by atoms with Crippen LogP contribution < -0.4 is 39.3 Å². The van der Waals surface area contributed by atoms with Crippen molar-refractivity contribution in [2.75, 3.05) is 92.9 Å². The summed E-state index contributed by atoms with van der Waals surface area (Å²) in [4.78, 5) is 0. The lowest BCUT2D eigenvalue weighted by molar-refractivity contribution is 0.0479. The van der Waals surface area contributed by atoms with Crippen LogP contribution >= 0.6 is 23.2 Å². The van der Waals surface area contributed by atoms with E-state index in [-0.39, 0.29) is 54.4 Å². The van der Waals surface area contributed by atoms with E-state index in [9.17, 15) is 8.78 Å². The van der Waals surface area contributed by atoms with Gasteiger partial charge < -0.3 is 72.5 Å². The van der Waals surface area contributed by atoms with E-state index in [1.807, 2.05) is 50.5 Å². The van der Waals surface area contributed by atoms with Crippen molar-refractivity contribution in [2.24, 2.45) is 28.7 Å². The van der Waals surface area contributed by atoms with Gasteiger partial charge in [-0.25, -0.2) is 8.78 Å². The molecule has 0 unspecified atom stereocenters. The van der Waals surface area contributed by atoms with Gasteiger partial charge in [-0.05, 0) is 164 Å². The largest absolute Gasteiger partial charge is 0.372 e. The van der Waals surface area contributed by atoms with Crippen LogP contribution in [0.5, 0.6) is 0 Å². The van der Waals surface area contributed by atoms with Crippen molar-refractivity contribution in [3.05, 3.63) is 244 Å². The van der Waals surface area contributed by atoms with Gasteiger partial charge in [0, 0.05) is 78.1 Å². The summed E-state index contributed by atoms with van der Waals surface area (Å²) in [6, 6.07) is 41.2. The number of aryl methyl sites for hydroxylation is 3. The molecule has 7 heterocycles. The van der Waals surface area contributed by atoms with Crippen LogP contribution in [0.25, 0.3) is 0 Å². The molecule has 18 heteroatoms. The molecule has 12 N–H and O–H groups in total. The van der Waals surface area contributed by atoms with Crippen LogP contribution in [-0.2, 0) is 78.5 Å². The molecule has 0 saturated carbocycles. The van der Waals surface area contributed by atoms with Gasteiger partial charge in [-0.15, -0.1) is 0 Å². The lowest BCUT2D eigenvalue weighted by Crippen LogP contribution is -2.23. The number of benzene rings is 7. The Morgan fingerprint density at radius 2 is 0.681 bits per heavy atom. The molecule has 0 aromatic heterocycles. The molecule has 0 fully saturated rings. The number of ether oxygens (including phenoxy) is 7. The van der Waals surface area contributed by atoms with Crippen LogP contribution in [0, 0.1) is 32.4 Å². The maximum atomic E-state index is 13.4. The first-order valence-corrected chi connectivity index (χ1v) is 32.5. The number of rotatable bonds is 9. The average Bonchev–Trinajstić information content (AvgIpc) is 1.68. The van der Waals surface area contributed by atoms with E-state index in [1.54, 1.807) is 12.1 Å². The number of fused-ring (bicyclic) bond motifs is 7. The molecule has 0 radical (unpaired) electrons. The van der Waals surface area contributed by atoms with Crippen molar-refractivity contribution in [3.8, 4) is 0 Å². The van der Waals surface area contributed by atoms with E-state index in [2.05, 4.69) is 98.1 Å². The summed E-state index contributed by atoms with van der Waals surface area (Å²) in [5, 5.41) is 7.51. The standard InChI is InChI=1S/3C11H15NO.2C10H12ClNO.2C10H12FNO/c2*1-8-3-2-4-10-9(8)5-6-13-11(10)7-12;1-8-3-2-4-9-5-6-13-10(7-12)11(8)9;2*11-8-3-1-2-7-4-5-13-9(6-12)10(7)8;2*1-12-5-9-10-7(6-13-9)3-2-4-8(10)11/h2*2-4,11H,5-7,12H2,1H3;2-4,10H,5-7,12H2,1H3;2*1-3,9H,4-6,12H2;2*2-4,9,12H,5-6H2,1H3/t2*11-;10-;4*9-/m1011010/s1. The Morgan fingerprint density at radius 1 is 0.363 bits per heavy atom. The third-order valence-corrected chi connectivity index (χ3v) is 18.0. The normalized spacial score (nSPS) is 21.0. The zero-order valence-electron chi connectivity index (χ0n) is 53.4. The zero-order chi connectivity index (χ0) is 64.8. The van der Waals surface area contributed by atoms with E-state index in [0.29, 0.717) is 59.0 Å². The molecular weight excluding hydrogens is 1200 g/mol. The summed E-state index contributed by atoms with van der Waals surface area (Å²) in [6.45, 7) is 15.4. The number of nitrogens with one attached hydrogen (secondary N) is 2. The van der Waals surface area contributed by atoms with Crippen molar-refractivity contribution >= 4 is 23.2 Å². The molecule has 7 aromatic carbocycles. The van der Waals surface area contributed by atoms with E-state index < -0.39 is 0 Å². The Labute approximate surface area is 547 Å². The highest BCUT2D eigenvalue weighted by atomic mass is 35.5. The molecule has 7 aromatic rings. The average molecular weight is 1290 g/mol. The molecule has 7 aliphatic heterocycles. The van der Waals surface area contributed by atoms with Crippen LogP contribution in [0.3, 0.4) is 0 Å². The van der Waals surface area contributed by atoms with Crippen molar-refractivity contribution in [3.63, 3.8) is 0 Å². The first-order valence-electron chi connectivity index (χ1n) is 31.7. The van der Waals surface area contributed by atoms with Gasteiger partial charge in [0.05, 0.1) is 89.0 Å². The second kappa shape index (κ2) is 36.2. The molecule has 0 spiro atoms. The topological polar surface area (TPSA) is 219 Å². The molecule has 7 atom stereocenters. The second-order valence-electron chi connectivity index (χ2n) is 23.1. The lowest BCUT2D eigenvalue weighted by atomic mass is 9.93. The second-order valence-corrected chi connectivity index (χ2v) is 23.9. The fraction of sp³-hybridized carbons (Fsp3) is 0.425. The van der Waals surface area contributed by atoms with Crippen LogP contribution in [0.2, 0.25) is 10.0 Å². The highest BCUT2D eigenvalue weighted by molar-refractivity contribution is 6.31. The minimum atomic E-state index is -0.157. The summed E-state index contributed by atoms with van der Waals surface area (Å²) < 4.78 is 65.4. The molecule has 14 rings (SSSR count). The third kappa shape index (κ3) is 18.4. The fourth-order valence-corrected chi connectivity index (χ4v) is 13.4. The maximum Gasteiger partial charge on any atom is 0.129 e. The van der Waals surface area contributed by atoms with Crippen LogP contribution in [0.1, 0.15) is 137 Å². The van der Waals surface area contributed by atoms with Crippen LogP contribution in [0.15, 0.2) is 127 Å². The number of hydrogen-bond donors (Lipinski definition) is 7. The van der Waals surface area contributed by atoms with Crippen molar-refractivity contribution in [1.82, 2.24) is 10.6 Å². The number of hydrogen-bond acceptors (Lipinski definition) is 14. The van der Waals surface area contributed by atoms with Gasteiger partial charge in [0.15, 0.2) is 0 Å². The Balaban J connectivity index is 0.000000137. The Hall–Kier alpha value is -5.58. The lowest BCUT2D eigenvalue weighted by Gasteiger charge is -2.26. The van der Waals surface area contributed by atoms with Gasteiger partial charge in [0.1, 0.15) is 11.6 Å². The first-order chi connectivity index (χ1) is 44.3. The third-order valence-electron chi connectivity index (χ3n) is 17.3.